The molecule has 5 heterocycles. The van der Waals surface area contributed by atoms with Gasteiger partial charge in [0, 0.05) is 53.0 Å². The van der Waals surface area contributed by atoms with Gasteiger partial charge in [0.15, 0.2) is 0 Å². The third-order valence-electron chi connectivity index (χ3n) is 8.58. The largest absolute Gasteiger partial charge is 0.496 e. The van der Waals surface area contributed by atoms with Crippen LogP contribution in [0.25, 0.3) is 43.9 Å². The molecule has 1 atom stereocenters. The molecule has 7 nitrogen and oxygen atoms in total. The van der Waals surface area contributed by atoms with E-state index in [1.807, 2.05) is 29.1 Å². The molecule has 0 spiro atoms. The normalized spacial score (nSPS) is 16.6. The summed E-state index contributed by atoms with van der Waals surface area (Å²) < 4.78 is 38.4. The Morgan fingerprint density at radius 3 is 2.73 bits per heavy atom. The molecule has 0 radical (unpaired) electrons. The summed E-state index contributed by atoms with van der Waals surface area (Å²) in [5.74, 6) is -1.55. The van der Waals surface area contributed by atoms with Crippen molar-refractivity contribution in [2.75, 3.05) is 27.2 Å². The van der Waals surface area contributed by atoms with Crippen LogP contribution in [0.3, 0.4) is 0 Å². The molecule has 5 aromatic rings. The monoisotopic (exact) mass is 611 g/mol. The number of rotatable bonds is 5. The summed E-state index contributed by atoms with van der Waals surface area (Å²) in [6.45, 7) is 8.36. The number of pyridine rings is 1. The lowest BCUT2D eigenvalue weighted by atomic mass is 9.93. The standard InChI is InChI=1S/C34H31F2N5O2S/c1-5-29(42)40-16-19(2)41-24(18-40)15-27(38-41)33-31(30-26(36)13-23(35)14-28(30)43-4)34-25(9-11-44-34)32(37-33)21-6-7-22-17-39(3)10-8-20(22)12-21/h5-7,9,11-15,19H,1,8,10,16-18H2,2-4H3/t19-/m0/s1. The second-order valence-electron chi connectivity index (χ2n) is 11.5. The summed E-state index contributed by atoms with van der Waals surface area (Å²) in [7, 11) is 3.52. The summed E-state index contributed by atoms with van der Waals surface area (Å²) in [5.41, 5.74) is 6.79. The molecule has 2 aromatic carbocycles. The quantitative estimate of drug-likeness (QED) is 0.203. The fraction of sp³-hybridized carbons (Fsp3) is 0.265. The van der Waals surface area contributed by atoms with Gasteiger partial charge in [0.05, 0.1) is 36.6 Å². The van der Waals surface area contributed by atoms with Crippen molar-refractivity contribution in [1.82, 2.24) is 24.6 Å². The van der Waals surface area contributed by atoms with Crippen molar-refractivity contribution in [3.63, 3.8) is 0 Å². The molecule has 224 valence electrons. The van der Waals surface area contributed by atoms with Gasteiger partial charge in [0.25, 0.3) is 0 Å². The van der Waals surface area contributed by atoms with Crippen LogP contribution in [-0.4, -0.2) is 57.7 Å². The lowest BCUT2D eigenvalue weighted by Crippen LogP contribution is -2.39. The van der Waals surface area contributed by atoms with Crippen molar-refractivity contribution in [2.45, 2.75) is 32.5 Å². The zero-order valence-corrected chi connectivity index (χ0v) is 25.5. The van der Waals surface area contributed by atoms with E-state index in [1.54, 1.807) is 4.90 Å². The van der Waals surface area contributed by atoms with E-state index in [0.29, 0.717) is 30.0 Å². The first-order valence-electron chi connectivity index (χ1n) is 14.5. The fourth-order valence-electron chi connectivity index (χ4n) is 6.46. The number of methoxy groups -OCH3 is 1. The van der Waals surface area contributed by atoms with Gasteiger partial charge in [0.2, 0.25) is 5.91 Å². The van der Waals surface area contributed by atoms with E-state index in [4.69, 9.17) is 14.8 Å². The predicted molar refractivity (Wildman–Crippen MR) is 169 cm³/mol. The summed E-state index contributed by atoms with van der Waals surface area (Å²) in [6.07, 6.45) is 2.26. The molecule has 2 aliphatic heterocycles. The Morgan fingerprint density at radius 2 is 1.93 bits per heavy atom. The zero-order chi connectivity index (χ0) is 30.7. The molecule has 0 bridgehead atoms. The second-order valence-corrected chi connectivity index (χ2v) is 12.4. The number of carbonyl (C=O) groups excluding carboxylic acids is 1. The van der Waals surface area contributed by atoms with E-state index in [-0.39, 0.29) is 23.3 Å². The Bertz CT molecular complexity index is 1970. The van der Waals surface area contributed by atoms with Gasteiger partial charge < -0.3 is 14.5 Å². The molecule has 0 N–H and O–H groups in total. The number of ether oxygens (including phenoxy) is 1. The minimum atomic E-state index is -0.745. The minimum absolute atomic E-state index is 0.0750. The van der Waals surface area contributed by atoms with Gasteiger partial charge in [-0.1, -0.05) is 18.7 Å². The number of nitrogens with zero attached hydrogens (tertiary/aromatic N) is 5. The van der Waals surface area contributed by atoms with Crippen LogP contribution in [0.4, 0.5) is 8.78 Å². The zero-order valence-electron chi connectivity index (χ0n) is 24.7. The van der Waals surface area contributed by atoms with Crippen molar-refractivity contribution in [3.8, 4) is 39.5 Å². The van der Waals surface area contributed by atoms with Gasteiger partial charge in [-0.2, -0.15) is 5.10 Å². The van der Waals surface area contributed by atoms with E-state index in [1.165, 1.54) is 41.7 Å². The Balaban J connectivity index is 1.49. The number of hydrogen-bond acceptors (Lipinski definition) is 6. The topological polar surface area (TPSA) is 63.5 Å². The molecule has 0 saturated carbocycles. The Kier molecular flexibility index (Phi) is 7.05. The predicted octanol–water partition coefficient (Wildman–Crippen LogP) is 6.86. The highest BCUT2D eigenvalue weighted by molar-refractivity contribution is 7.18. The van der Waals surface area contributed by atoms with Crippen molar-refractivity contribution in [3.05, 3.63) is 89.0 Å². The Morgan fingerprint density at radius 1 is 1.09 bits per heavy atom. The van der Waals surface area contributed by atoms with E-state index < -0.39 is 11.6 Å². The summed E-state index contributed by atoms with van der Waals surface area (Å²) >= 11 is 1.47. The fourth-order valence-corrected chi connectivity index (χ4v) is 7.41. The molecule has 0 unspecified atom stereocenters. The maximum Gasteiger partial charge on any atom is 0.246 e. The Hall–Kier alpha value is -4.41. The summed E-state index contributed by atoms with van der Waals surface area (Å²) in [4.78, 5) is 21.8. The third kappa shape index (κ3) is 4.69. The first-order chi connectivity index (χ1) is 21.2. The van der Waals surface area contributed by atoms with Gasteiger partial charge in [-0.15, -0.1) is 11.3 Å². The number of fused-ring (bicyclic) bond motifs is 3. The number of amides is 1. The maximum absolute atomic E-state index is 15.8. The number of likely N-dealkylation sites (N-methyl/N-ethyl adjacent to an activating group) is 1. The van der Waals surface area contributed by atoms with E-state index in [0.717, 1.165) is 52.6 Å². The van der Waals surface area contributed by atoms with Gasteiger partial charge in [-0.05, 0) is 61.2 Å². The molecule has 0 aliphatic carbocycles. The molecule has 1 amide bonds. The van der Waals surface area contributed by atoms with Crippen LogP contribution in [0, 0.1) is 11.6 Å². The summed E-state index contributed by atoms with van der Waals surface area (Å²) in [6, 6.07) is 12.3. The summed E-state index contributed by atoms with van der Waals surface area (Å²) in [5, 5.41) is 7.80. The first kappa shape index (κ1) is 28.4. The first-order valence-corrected chi connectivity index (χ1v) is 15.4. The van der Waals surface area contributed by atoms with Gasteiger partial charge >= 0.3 is 0 Å². The SMILES string of the molecule is C=CC(=O)N1Cc2cc(-c3nc(-c4ccc5c(c4)CCN(C)C5)c4ccsc4c3-c3c(F)cc(F)cc3OC)nn2[C@@H](C)C1. The second kappa shape index (κ2) is 10.9. The molecule has 0 saturated heterocycles. The van der Waals surface area contributed by atoms with Crippen LogP contribution >= 0.6 is 11.3 Å². The van der Waals surface area contributed by atoms with Gasteiger partial charge in [0.1, 0.15) is 28.8 Å². The van der Waals surface area contributed by atoms with Crippen LogP contribution in [-0.2, 0) is 24.3 Å². The van der Waals surface area contributed by atoms with E-state index in [2.05, 4.69) is 36.7 Å². The molecule has 2 aliphatic rings. The molecule has 44 heavy (non-hydrogen) atoms. The van der Waals surface area contributed by atoms with Crippen LogP contribution in [0.2, 0.25) is 0 Å². The van der Waals surface area contributed by atoms with Crippen molar-refractivity contribution in [1.29, 1.82) is 0 Å². The third-order valence-corrected chi connectivity index (χ3v) is 9.51. The van der Waals surface area contributed by atoms with Crippen molar-refractivity contribution in [2.24, 2.45) is 0 Å². The highest BCUT2D eigenvalue weighted by Gasteiger charge is 2.30. The highest BCUT2D eigenvalue weighted by Crippen LogP contribution is 2.47. The molecule has 7 rings (SSSR count). The lowest BCUT2D eigenvalue weighted by Gasteiger charge is -2.31. The number of thiophene rings is 1. The minimum Gasteiger partial charge on any atom is -0.496 e. The maximum atomic E-state index is 15.8. The highest BCUT2D eigenvalue weighted by atomic mass is 32.1. The smallest absolute Gasteiger partial charge is 0.246 e. The number of carbonyl (C=O) groups is 1. The molecule has 0 fully saturated rings. The van der Waals surface area contributed by atoms with Crippen LogP contribution in [0.5, 0.6) is 5.75 Å². The Labute approximate surface area is 258 Å². The van der Waals surface area contributed by atoms with Gasteiger partial charge in [-0.25, -0.2) is 13.8 Å². The van der Waals surface area contributed by atoms with E-state index in [9.17, 15) is 9.18 Å². The molecule has 3 aromatic heterocycles. The van der Waals surface area contributed by atoms with Crippen molar-refractivity contribution >= 4 is 27.3 Å². The molecular weight excluding hydrogens is 580 g/mol. The molecule has 10 heteroatoms. The number of benzene rings is 2. The average molecular weight is 612 g/mol. The average Bonchev–Trinajstić information content (AvgIpc) is 3.68. The number of hydrogen-bond donors (Lipinski definition) is 0. The van der Waals surface area contributed by atoms with E-state index >= 15 is 4.39 Å². The lowest BCUT2D eigenvalue weighted by molar-refractivity contribution is -0.127. The number of halogens is 2. The van der Waals surface area contributed by atoms with Crippen molar-refractivity contribution < 1.29 is 18.3 Å². The number of aromatic nitrogens is 3. The molecular formula is C34H31F2N5O2S. The van der Waals surface area contributed by atoms with Crippen LogP contribution in [0.15, 0.2) is 60.5 Å². The van der Waals surface area contributed by atoms with Crippen LogP contribution in [0.1, 0.15) is 29.8 Å². The van der Waals surface area contributed by atoms with Crippen LogP contribution < -0.4 is 4.74 Å². The van der Waals surface area contributed by atoms with Gasteiger partial charge in [-0.3, -0.25) is 9.48 Å².